The smallest absolute Gasteiger partial charge is 0.223 e. The lowest BCUT2D eigenvalue weighted by Crippen LogP contribution is -2.40. The van der Waals surface area contributed by atoms with Crippen molar-refractivity contribution in [2.24, 2.45) is 5.92 Å². The Kier molecular flexibility index (Phi) is 7.00. The summed E-state index contributed by atoms with van der Waals surface area (Å²) in [5.74, 6) is 1.97. The third-order valence-electron chi connectivity index (χ3n) is 5.93. The van der Waals surface area contributed by atoms with Gasteiger partial charge in [-0.2, -0.15) is 0 Å². The number of likely N-dealkylation sites (tertiary alicyclic amines) is 1. The van der Waals surface area contributed by atoms with Crippen LogP contribution in [-0.2, 0) is 11.3 Å². The van der Waals surface area contributed by atoms with Crippen molar-refractivity contribution in [1.82, 2.24) is 10.2 Å². The van der Waals surface area contributed by atoms with Gasteiger partial charge < -0.3 is 10.1 Å². The SMILES string of the molecule is CC(NC(=O)C1CCN(Cc2ccc(Oc3ccccc3)cc2)CC1)c1ccccc1. The standard InChI is InChI=1S/C27H30N2O2/c1-21(23-8-4-2-5-9-23)28-27(30)24-16-18-29(19-17-24)20-22-12-14-26(15-13-22)31-25-10-6-3-7-11-25/h2-15,21,24H,16-20H2,1H3,(H,28,30). The van der Waals surface area contributed by atoms with Crippen LogP contribution < -0.4 is 10.1 Å². The molecule has 1 N–H and O–H groups in total. The molecule has 1 unspecified atom stereocenters. The number of hydrogen-bond acceptors (Lipinski definition) is 3. The Bertz CT molecular complexity index is 950. The molecule has 1 heterocycles. The van der Waals surface area contributed by atoms with Gasteiger partial charge >= 0.3 is 0 Å². The summed E-state index contributed by atoms with van der Waals surface area (Å²) in [6, 6.07) is 28.3. The number of nitrogens with one attached hydrogen (secondary N) is 1. The molecule has 1 fully saturated rings. The van der Waals surface area contributed by atoms with Crippen LogP contribution in [0.3, 0.4) is 0 Å². The molecule has 1 aliphatic rings. The molecule has 160 valence electrons. The Balaban J connectivity index is 1.23. The van der Waals surface area contributed by atoms with Gasteiger partial charge in [0.2, 0.25) is 5.91 Å². The number of carbonyl (C=O) groups is 1. The van der Waals surface area contributed by atoms with Crippen LogP contribution in [0.1, 0.15) is 36.9 Å². The minimum Gasteiger partial charge on any atom is -0.457 e. The summed E-state index contributed by atoms with van der Waals surface area (Å²) < 4.78 is 5.87. The average molecular weight is 415 g/mol. The predicted molar refractivity (Wildman–Crippen MR) is 124 cm³/mol. The molecule has 0 radical (unpaired) electrons. The van der Waals surface area contributed by atoms with Crippen molar-refractivity contribution in [2.45, 2.75) is 32.4 Å². The second-order valence-corrected chi connectivity index (χ2v) is 8.25. The number of ether oxygens (including phenoxy) is 1. The molecule has 4 heteroatoms. The minimum atomic E-state index is 0.0448. The van der Waals surface area contributed by atoms with E-state index in [1.165, 1.54) is 5.56 Å². The highest BCUT2D eigenvalue weighted by molar-refractivity contribution is 5.79. The molecule has 31 heavy (non-hydrogen) atoms. The van der Waals surface area contributed by atoms with Gasteiger partial charge in [-0.15, -0.1) is 0 Å². The van der Waals surface area contributed by atoms with E-state index in [9.17, 15) is 4.79 Å². The molecule has 0 spiro atoms. The number of hydrogen-bond donors (Lipinski definition) is 1. The summed E-state index contributed by atoms with van der Waals surface area (Å²) in [6.07, 6.45) is 1.81. The van der Waals surface area contributed by atoms with E-state index >= 15 is 0 Å². The highest BCUT2D eigenvalue weighted by Gasteiger charge is 2.26. The van der Waals surface area contributed by atoms with Crippen LogP contribution in [-0.4, -0.2) is 23.9 Å². The predicted octanol–water partition coefficient (Wildman–Crippen LogP) is 5.57. The molecule has 0 saturated carbocycles. The molecular formula is C27H30N2O2. The first-order chi connectivity index (χ1) is 15.2. The Morgan fingerprint density at radius 2 is 1.48 bits per heavy atom. The topological polar surface area (TPSA) is 41.6 Å². The van der Waals surface area contributed by atoms with Crippen molar-refractivity contribution >= 4 is 5.91 Å². The third kappa shape index (κ3) is 5.96. The van der Waals surface area contributed by atoms with Gasteiger partial charge in [-0.3, -0.25) is 9.69 Å². The highest BCUT2D eigenvalue weighted by Crippen LogP contribution is 2.24. The van der Waals surface area contributed by atoms with Crippen molar-refractivity contribution in [3.63, 3.8) is 0 Å². The first kappa shape index (κ1) is 21.1. The van der Waals surface area contributed by atoms with E-state index in [0.29, 0.717) is 0 Å². The fraction of sp³-hybridized carbons (Fsp3) is 0.296. The maximum atomic E-state index is 12.7. The third-order valence-corrected chi connectivity index (χ3v) is 5.93. The van der Waals surface area contributed by atoms with Crippen LogP contribution in [0, 0.1) is 5.92 Å². The average Bonchev–Trinajstić information content (AvgIpc) is 2.82. The number of amides is 1. The van der Waals surface area contributed by atoms with Crippen LogP contribution in [0.25, 0.3) is 0 Å². The molecule has 0 aliphatic carbocycles. The van der Waals surface area contributed by atoms with Crippen molar-refractivity contribution in [2.75, 3.05) is 13.1 Å². The summed E-state index contributed by atoms with van der Waals surface area (Å²) in [5.41, 5.74) is 2.41. The van der Waals surface area contributed by atoms with E-state index in [2.05, 4.69) is 34.5 Å². The van der Waals surface area contributed by atoms with Crippen molar-refractivity contribution in [1.29, 1.82) is 0 Å². The summed E-state index contributed by atoms with van der Waals surface area (Å²) in [6.45, 7) is 4.84. The van der Waals surface area contributed by atoms with Crippen molar-refractivity contribution in [3.05, 3.63) is 96.1 Å². The molecule has 4 rings (SSSR count). The Hall–Kier alpha value is -3.11. The van der Waals surface area contributed by atoms with Crippen LogP contribution in [0.5, 0.6) is 11.5 Å². The monoisotopic (exact) mass is 414 g/mol. The normalized spacial score (nSPS) is 15.9. The Morgan fingerprint density at radius 3 is 2.13 bits per heavy atom. The highest BCUT2D eigenvalue weighted by atomic mass is 16.5. The number of piperidine rings is 1. The minimum absolute atomic E-state index is 0.0448. The summed E-state index contributed by atoms with van der Waals surface area (Å²) in [4.78, 5) is 15.1. The zero-order valence-electron chi connectivity index (χ0n) is 18.0. The first-order valence-corrected chi connectivity index (χ1v) is 11.1. The zero-order valence-corrected chi connectivity index (χ0v) is 18.0. The molecule has 3 aromatic rings. The maximum absolute atomic E-state index is 12.7. The van der Waals surface area contributed by atoms with Gasteiger partial charge in [0.15, 0.2) is 0 Å². The fourth-order valence-corrected chi connectivity index (χ4v) is 4.06. The lowest BCUT2D eigenvalue weighted by molar-refractivity contribution is -0.127. The van der Waals surface area contributed by atoms with E-state index in [-0.39, 0.29) is 17.9 Å². The number of carbonyl (C=O) groups excluding carboxylic acids is 1. The number of benzene rings is 3. The number of nitrogens with zero attached hydrogens (tertiary/aromatic N) is 1. The molecule has 1 saturated heterocycles. The molecular weight excluding hydrogens is 384 g/mol. The van der Waals surface area contributed by atoms with Gasteiger partial charge in [0.05, 0.1) is 6.04 Å². The van der Waals surface area contributed by atoms with Gasteiger partial charge in [-0.05, 0) is 68.2 Å². The van der Waals surface area contributed by atoms with Gasteiger partial charge in [-0.25, -0.2) is 0 Å². The second kappa shape index (κ2) is 10.3. The number of rotatable bonds is 7. The fourth-order valence-electron chi connectivity index (χ4n) is 4.06. The molecule has 1 aliphatic heterocycles. The van der Waals surface area contributed by atoms with Gasteiger partial charge in [0.25, 0.3) is 0 Å². The van der Waals surface area contributed by atoms with E-state index in [1.807, 2.05) is 67.6 Å². The van der Waals surface area contributed by atoms with Crippen molar-refractivity contribution in [3.8, 4) is 11.5 Å². The van der Waals surface area contributed by atoms with Crippen LogP contribution in [0.4, 0.5) is 0 Å². The van der Waals surface area contributed by atoms with Gasteiger partial charge in [0, 0.05) is 12.5 Å². The van der Waals surface area contributed by atoms with Crippen LogP contribution >= 0.6 is 0 Å². The second-order valence-electron chi connectivity index (χ2n) is 8.25. The molecule has 0 bridgehead atoms. The molecule has 4 nitrogen and oxygen atoms in total. The van der Waals surface area contributed by atoms with Crippen molar-refractivity contribution < 1.29 is 9.53 Å². The van der Waals surface area contributed by atoms with E-state index in [1.54, 1.807) is 0 Å². The first-order valence-electron chi connectivity index (χ1n) is 11.1. The molecule has 0 aromatic heterocycles. The lowest BCUT2D eigenvalue weighted by Gasteiger charge is -2.32. The van der Waals surface area contributed by atoms with Crippen LogP contribution in [0.2, 0.25) is 0 Å². The maximum Gasteiger partial charge on any atom is 0.223 e. The lowest BCUT2D eigenvalue weighted by atomic mass is 9.95. The van der Waals surface area contributed by atoms with E-state index < -0.39 is 0 Å². The van der Waals surface area contributed by atoms with Gasteiger partial charge in [-0.1, -0.05) is 60.7 Å². The van der Waals surface area contributed by atoms with Gasteiger partial charge in [0.1, 0.15) is 11.5 Å². The van der Waals surface area contributed by atoms with E-state index in [4.69, 9.17) is 4.74 Å². The molecule has 3 aromatic carbocycles. The molecule has 1 atom stereocenters. The largest absolute Gasteiger partial charge is 0.457 e. The summed E-state index contributed by atoms with van der Waals surface area (Å²) >= 11 is 0. The van der Waals surface area contributed by atoms with Crippen LogP contribution in [0.15, 0.2) is 84.9 Å². The molecule has 1 amide bonds. The number of para-hydroxylation sites is 1. The summed E-state index contributed by atoms with van der Waals surface area (Å²) in [7, 11) is 0. The zero-order chi connectivity index (χ0) is 21.5. The van der Waals surface area contributed by atoms with E-state index in [0.717, 1.165) is 49.5 Å². The summed E-state index contributed by atoms with van der Waals surface area (Å²) in [5, 5.41) is 3.19. The Morgan fingerprint density at radius 1 is 0.903 bits per heavy atom. The Labute approximate surface area is 184 Å². The quantitative estimate of drug-likeness (QED) is 0.550.